The van der Waals surface area contributed by atoms with Gasteiger partial charge >= 0.3 is 5.97 Å². The number of anilines is 1. The van der Waals surface area contributed by atoms with E-state index in [1.165, 1.54) is 6.92 Å². The average molecular weight is 392 g/mol. The van der Waals surface area contributed by atoms with Crippen LogP contribution in [-0.2, 0) is 9.53 Å². The van der Waals surface area contributed by atoms with E-state index in [1.807, 2.05) is 13.8 Å². The Kier molecular flexibility index (Phi) is 7.49. The molecule has 2 rings (SSSR count). The second kappa shape index (κ2) is 9.83. The molecular formula is C20H22ClNO5. The van der Waals surface area contributed by atoms with E-state index < -0.39 is 18.0 Å². The zero-order chi connectivity index (χ0) is 19.8. The lowest BCUT2D eigenvalue weighted by Crippen LogP contribution is -2.30. The van der Waals surface area contributed by atoms with Crippen molar-refractivity contribution in [2.24, 2.45) is 0 Å². The third-order valence-corrected chi connectivity index (χ3v) is 3.80. The van der Waals surface area contributed by atoms with Crippen molar-refractivity contribution in [3.8, 4) is 11.5 Å². The standard InChI is InChI=1S/C20H22ClNO5/c1-4-25-17-11-6-14(12-18(17)26-5-2)20(24)27-13(3)19(23)22-16-9-7-15(21)8-10-16/h6-13H,4-5H2,1-3H3,(H,22,23). The summed E-state index contributed by atoms with van der Waals surface area (Å²) >= 11 is 5.81. The highest BCUT2D eigenvalue weighted by molar-refractivity contribution is 6.30. The van der Waals surface area contributed by atoms with Gasteiger partial charge < -0.3 is 19.5 Å². The SMILES string of the molecule is CCOc1ccc(C(=O)OC(C)C(=O)Nc2ccc(Cl)cc2)cc1OCC. The molecule has 27 heavy (non-hydrogen) atoms. The molecule has 1 amide bonds. The molecule has 0 saturated heterocycles. The van der Waals surface area contributed by atoms with Gasteiger partial charge in [0.1, 0.15) is 0 Å². The van der Waals surface area contributed by atoms with E-state index in [0.29, 0.717) is 35.4 Å². The van der Waals surface area contributed by atoms with Crippen molar-refractivity contribution >= 4 is 29.2 Å². The number of nitrogens with one attached hydrogen (secondary N) is 1. The van der Waals surface area contributed by atoms with Crippen molar-refractivity contribution in [1.82, 2.24) is 0 Å². The molecule has 0 saturated carbocycles. The number of carbonyl (C=O) groups is 2. The molecule has 0 aliphatic heterocycles. The molecule has 0 aliphatic rings. The Labute approximate surface area is 163 Å². The number of hydrogen-bond donors (Lipinski definition) is 1. The van der Waals surface area contributed by atoms with Gasteiger partial charge in [0.15, 0.2) is 17.6 Å². The van der Waals surface area contributed by atoms with Gasteiger partial charge in [0, 0.05) is 10.7 Å². The van der Waals surface area contributed by atoms with E-state index >= 15 is 0 Å². The van der Waals surface area contributed by atoms with Crippen LogP contribution >= 0.6 is 11.6 Å². The quantitative estimate of drug-likeness (QED) is 0.678. The Balaban J connectivity index is 2.03. The summed E-state index contributed by atoms with van der Waals surface area (Å²) in [4.78, 5) is 24.6. The van der Waals surface area contributed by atoms with E-state index in [9.17, 15) is 9.59 Å². The van der Waals surface area contributed by atoms with E-state index in [-0.39, 0.29) is 5.56 Å². The molecule has 0 aliphatic carbocycles. The molecular weight excluding hydrogens is 370 g/mol. The smallest absolute Gasteiger partial charge is 0.339 e. The molecule has 0 radical (unpaired) electrons. The molecule has 6 nitrogen and oxygen atoms in total. The molecule has 0 heterocycles. The molecule has 0 fully saturated rings. The van der Waals surface area contributed by atoms with Crippen LogP contribution in [0.2, 0.25) is 5.02 Å². The van der Waals surface area contributed by atoms with E-state index in [4.69, 9.17) is 25.8 Å². The molecule has 1 N–H and O–H groups in total. The van der Waals surface area contributed by atoms with Crippen LogP contribution < -0.4 is 14.8 Å². The Hall–Kier alpha value is -2.73. The topological polar surface area (TPSA) is 73.9 Å². The largest absolute Gasteiger partial charge is 0.490 e. The molecule has 1 unspecified atom stereocenters. The summed E-state index contributed by atoms with van der Waals surface area (Å²) < 4.78 is 16.2. The van der Waals surface area contributed by atoms with Crippen LogP contribution in [0.25, 0.3) is 0 Å². The van der Waals surface area contributed by atoms with Gasteiger partial charge in [0.25, 0.3) is 5.91 Å². The average Bonchev–Trinajstić information content (AvgIpc) is 2.65. The van der Waals surface area contributed by atoms with E-state index in [1.54, 1.807) is 42.5 Å². The number of halogens is 1. The maximum atomic E-state index is 12.4. The molecule has 2 aromatic carbocycles. The highest BCUT2D eigenvalue weighted by atomic mass is 35.5. The second-order valence-corrected chi connectivity index (χ2v) is 6.01. The Morgan fingerprint density at radius 3 is 2.26 bits per heavy atom. The molecule has 0 aromatic heterocycles. The number of rotatable bonds is 8. The van der Waals surface area contributed by atoms with Gasteiger partial charge in [-0.15, -0.1) is 0 Å². The van der Waals surface area contributed by atoms with Gasteiger partial charge in [-0.1, -0.05) is 11.6 Å². The fourth-order valence-corrected chi connectivity index (χ4v) is 2.36. The molecule has 7 heteroatoms. The van der Waals surface area contributed by atoms with Gasteiger partial charge in [-0.2, -0.15) is 0 Å². The van der Waals surface area contributed by atoms with Crippen LogP contribution in [0, 0.1) is 0 Å². The third kappa shape index (κ3) is 5.89. The minimum Gasteiger partial charge on any atom is -0.490 e. The van der Waals surface area contributed by atoms with Crippen molar-refractivity contribution < 1.29 is 23.8 Å². The van der Waals surface area contributed by atoms with Gasteiger partial charge in [-0.25, -0.2) is 4.79 Å². The van der Waals surface area contributed by atoms with Gasteiger partial charge in [0.05, 0.1) is 18.8 Å². The first kappa shape index (κ1) is 20.6. The predicted octanol–water partition coefficient (Wildman–Crippen LogP) is 4.32. The van der Waals surface area contributed by atoms with E-state index in [2.05, 4.69) is 5.32 Å². The van der Waals surface area contributed by atoms with Crippen molar-refractivity contribution in [1.29, 1.82) is 0 Å². The summed E-state index contributed by atoms with van der Waals surface area (Å²) in [6.45, 7) is 6.11. The predicted molar refractivity (Wildman–Crippen MR) is 104 cm³/mol. The summed E-state index contributed by atoms with van der Waals surface area (Å²) in [7, 11) is 0. The lowest BCUT2D eigenvalue weighted by molar-refractivity contribution is -0.123. The molecule has 2 aromatic rings. The molecule has 1 atom stereocenters. The fraction of sp³-hybridized carbons (Fsp3) is 0.300. The normalized spacial score (nSPS) is 11.4. The first-order valence-electron chi connectivity index (χ1n) is 8.61. The van der Waals surface area contributed by atoms with Crippen LogP contribution in [-0.4, -0.2) is 31.2 Å². The number of amides is 1. The number of hydrogen-bond acceptors (Lipinski definition) is 5. The maximum Gasteiger partial charge on any atom is 0.339 e. The number of benzene rings is 2. The Morgan fingerprint density at radius 1 is 1.00 bits per heavy atom. The third-order valence-electron chi connectivity index (χ3n) is 3.54. The minimum absolute atomic E-state index is 0.271. The van der Waals surface area contributed by atoms with Crippen LogP contribution in [0.3, 0.4) is 0 Å². The summed E-state index contributed by atoms with van der Waals surface area (Å²) in [5.74, 6) is -0.0732. The highest BCUT2D eigenvalue weighted by Crippen LogP contribution is 2.29. The fourth-order valence-electron chi connectivity index (χ4n) is 2.24. The number of ether oxygens (including phenoxy) is 3. The summed E-state index contributed by atoms with van der Waals surface area (Å²) in [5, 5.41) is 3.23. The molecule has 0 bridgehead atoms. The first-order chi connectivity index (χ1) is 12.9. The van der Waals surface area contributed by atoms with Crippen molar-refractivity contribution in [2.45, 2.75) is 26.9 Å². The van der Waals surface area contributed by atoms with Gasteiger partial charge in [0.2, 0.25) is 0 Å². The molecule has 144 valence electrons. The first-order valence-corrected chi connectivity index (χ1v) is 8.99. The van der Waals surface area contributed by atoms with Crippen LogP contribution in [0.5, 0.6) is 11.5 Å². The Bertz CT molecular complexity index is 791. The van der Waals surface area contributed by atoms with Gasteiger partial charge in [-0.3, -0.25) is 4.79 Å². The number of esters is 1. The maximum absolute atomic E-state index is 12.4. The van der Waals surface area contributed by atoms with Crippen molar-refractivity contribution in [2.75, 3.05) is 18.5 Å². The number of carbonyl (C=O) groups excluding carboxylic acids is 2. The van der Waals surface area contributed by atoms with Crippen molar-refractivity contribution in [3.63, 3.8) is 0 Å². The zero-order valence-corrected chi connectivity index (χ0v) is 16.2. The van der Waals surface area contributed by atoms with Crippen LogP contribution in [0.4, 0.5) is 5.69 Å². The van der Waals surface area contributed by atoms with Crippen LogP contribution in [0.1, 0.15) is 31.1 Å². The summed E-state index contributed by atoms with van der Waals surface area (Å²) in [6, 6.07) is 11.4. The second-order valence-electron chi connectivity index (χ2n) is 5.57. The highest BCUT2D eigenvalue weighted by Gasteiger charge is 2.20. The minimum atomic E-state index is -0.977. The lowest BCUT2D eigenvalue weighted by Gasteiger charge is -2.15. The molecule has 0 spiro atoms. The Morgan fingerprint density at radius 2 is 1.63 bits per heavy atom. The zero-order valence-electron chi connectivity index (χ0n) is 15.5. The van der Waals surface area contributed by atoms with E-state index in [0.717, 1.165) is 0 Å². The van der Waals surface area contributed by atoms with Crippen LogP contribution in [0.15, 0.2) is 42.5 Å². The summed E-state index contributed by atoms with van der Waals surface area (Å²) in [5.41, 5.74) is 0.833. The lowest BCUT2D eigenvalue weighted by atomic mass is 10.2. The van der Waals surface area contributed by atoms with Gasteiger partial charge in [-0.05, 0) is 63.2 Å². The monoisotopic (exact) mass is 391 g/mol. The summed E-state index contributed by atoms with van der Waals surface area (Å²) in [6.07, 6.45) is -0.977. The van der Waals surface area contributed by atoms with Crippen molar-refractivity contribution in [3.05, 3.63) is 53.1 Å².